The Labute approximate surface area is 165 Å². The molecule has 134 valence electrons. The van der Waals surface area contributed by atoms with Gasteiger partial charge in [-0.2, -0.15) is 0 Å². The first kappa shape index (κ1) is 17.5. The molecule has 6 heteroatoms. The van der Waals surface area contributed by atoms with Crippen LogP contribution in [0.4, 0.5) is 0 Å². The van der Waals surface area contributed by atoms with Crippen molar-refractivity contribution in [2.45, 2.75) is 9.79 Å². The minimum Gasteiger partial charge on any atom is -0.492 e. The third kappa shape index (κ3) is 3.39. The van der Waals surface area contributed by atoms with E-state index in [1.165, 1.54) is 21.1 Å². The number of para-hydroxylation sites is 2. The highest BCUT2D eigenvalue weighted by Crippen LogP contribution is 2.35. The molecule has 0 unspecified atom stereocenters. The summed E-state index contributed by atoms with van der Waals surface area (Å²) in [5.74, 6) is -0.102. The van der Waals surface area contributed by atoms with Crippen LogP contribution in [-0.2, 0) is 0 Å². The zero-order chi connectivity index (χ0) is 18.8. The van der Waals surface area contributed by atoms with Gasteiger partial charge in [-0.15, -0.1) is 0 Å². The van der Waals surface area contributed by atoms with E-state index in [4.69, 9.17) is 11.6 Å². The van der Waals surface area contributed by atoms with E-state index in [1.807, 2.05) is 72.8 Å². The number of aromatic nitrogens is 2. The molecule has 3 aromatic carbocycles. The number of benzene rings is 3. The molecule has 1 heterocycles. The number of hydrogen-bond acceptors (Lipinski definition) is 3. The molecule has 1 aromatic heterocycles. The number of aromatic hydroxyl groups is 1. The summed E-state index contributed by atoms with van der Waals surface area (Å²) in [4.78, 5) is 14.3. The van der Waals surface area contributed by atoms with Gasteiger partial charge in [0.2, 0.25) is 5.88 Å². The largest absolute Gasteiger partial charge is 0.492 e. The van der Waals surface area contributed by atoms with Crippen LogP contribution >= 0.6 is 23.4 Å². The molecule has 27 heavy (non-hydrogen) atoms. The van der Waals surface area contributed by atoms with E-state index >= 15 is 0 Å². The number of rotatable bonds is 4. The van der Waals surface area contributed by atoms with E-state index in [-0.39, 0.29) is 16.3 Å². The van der Waals surface area contributed by atoms with Gasteiger partial charge in [-0.05, 0) is 48.5 Å². The van der Waals surface area contributed by atoms with Crippen molar-refractivity contribution in [3.8, 4) is 17.3 Å². The smallest absolute Gasteiger partial charge is 0.289 e. The Balaban J connectivity index is 1.92. The fraction of sp³-hybridized carbons (Fsp3) is 0. The van der Waals surface area contributed by atoms with Crippen molar-refractivity contribution in [2.24, 2.45) is 0 Å². The van der Waals surface area contributed by atoms with Gasteiger partial charge in [-0.3, -0.25) is 4.79 Å². The van der Waals surface area contributed by atoms with Gasteiger partial charge in [-0.1, -0.05) is 59.8 Å². The predicted molar refractivity (Wildman–Crippen MR) is 109 cm³/mol. The summed E-state index contributed by atoms with van der Waals surface area (Å²) in [6, 6.07) is 25.7. The number of halogens is 1. The van der Waals surface area contributed by atoms with Gasteiger partial charge in [0.15, 0.2) is 0 Å². The molecular weight excluding hydrogens is 380 g/mol. The van der Waals surface area contributed by atoms with Crippen LogP contribution in [0, 0.1) is 0 Å². The second-order valence-corrected chi connectivity index (χ2v) is 7.33. The molecule has 0 amide bonds. The monoisotopic (exact) mass is 394 g/mol. The molecular formula is C21H15ClN2O2S. The Bertz CT molecular complexity index is 1120. The summed E-state index contributed by atoms with van der Waals surface area (Å²) < 4.78 is 3.00. The Morgan fingerprint density at radius 3 is 1.81 bits per heavy atom. The fourth-order valence-corrected chi connectivity index (χ4v) is 3.78. The Morgan fingerprint density at radius 2 is 1.26 bits per heavy atom. The van der Waals surface area contributed by atoms with Crippen LogP contribution in [0.15, 0.2) is 99.5 Å². The quantitative estimate of drug-likeness (QED) is 0.521. The molecule has 0 atom stereocenters. The van der Waals surface area contributed by atoms with Crippen molar-refractivity contribution in [1.82, 2.24) is 9.36 Å². The molecule has 0 aliphatic carbocycles. The standard InChI is InChI=1S/C21H15ClN2O2S/c22-15-11-13-18(14-12-15)27-19-20(25)23(16-7-3-1-4-8-16)24(21(19)26)17-9-5-2-6-10-17/h1-14,25H. The van der Waals surface area contributed by atoms with Gasteiger partial charge >= 0.3 is 0 Å². The van der Waals surface area contributed by atoms with Gasteiger partial charge in [0, 0.05) is 9.92 Å². The van der Waals surface area contributed by atoms with Crippen LogP contribution in [-0.4, -0.2) is 14.5 Å². The normalized spacial score (nSPS) is 10.9. The zero-order valence-electron chi connectivity index (χ0n) is 14.1. The summed E-state index contributed by atoms with van der Waals surface area (Å²) >= 11 is 7.15. The van der Waals surface area contributed by atoms with Crippen molar-refractivity contribution < 1.29 is 5.11 Å². The third-order valence-corrected chi connectivity index (χ3v) is 5.35. The first-order valence-corrected chi connectivity index (χ1v) is 9.46. The molecule has 0 saturated carbocycles. The van der Waals surface area contributed by atoms with Crippen molar-refractivity contribution >= 4 is 23.4 Å². The van der Waals surface area contributed by atoms with E-state index in [9.17, 15) is 9.90 Å². The van der Waals surface area contributed by atoms with Gasteiger partial charge in [0.25, 0.3) is 5.56 Å². The van der Waals surface area contributed by atoms with Crippen LogP contribution < -0.4 is 5.56 Å². The van der Waals surface area contributed by atoms with Crippen molar-refractivity contribution in [2.75, 3.05) is 0 Å². The van der Waals surface area contributed by atoms with E-state index in [0.717, 1.165) is 4.90 Å². The average Bonchev–Trinajstić information content (AvgIpc) is 2.95. The minimum absolute atomic E-state index is 0.102. The molecule has 0 fully saturated rings. The second-order valence-electron chi connectivity index (χ2n) is 5.81. The van der Waals surface area contributed by atoms with Crippen molar-refractivity contribution in [1.29, 1.82) is 0 Å². The predicted octanol–water partition coefficient (Wildman–Crippen LogP) is 5.14. The van der Waals surface area contributed by atoms with Gasteiger partial charge in [-0.25, -0.2) is 9.36 Å². The zero-order valence-corrected chi connectivity index (χ0v) is 15.7. The van der Waals surface area contributed by atoms with E-state index in [2.05, 4.69) is 0 Å². The first-order chi connectivity index (χ1) is 13.1. The number of hydrogen-bond donors (Lipinski definition) is 1. The number of nitrogens with zero attached hydrogens (tertiary/aromatic N) is 2. The molecule has 0 bridgehead atoms. The summed E-state index contributed by atoms with van der Waals surface area (Å²) in [5, 5.41) is 11.5. The highest BCUT2D eigenvalue weighted by Gasteiger charge is 2.22. The SMILES string of the molecule is O=c1c(Sc2ccc(Cl)cc2)c(O)n(-c2ccccc2)n1-c1ccccc1. The maximum Gasteiger partial charge on any atom is 0.289 e. The lowest BCUT2D eigenvalue weighted by Crippen LogP contribution is -2.20. The Kier molecular flexibility index (Phi) is 4.79. The van der Waals surface area contributed by atoms with Crippen molar-refractivity contribution in [3.63, 3.8) is 0 Å². The van der Waals surface area contributed by atoms with Crippen LogP contribution in [0.5, 0.6) is 5.88 Å². The molecule has 0 saturated heterocycles. The minimum atomic E-state index is -0.289. The average molecular weight is 395 g/mol. The summed E-state index contributed by atoms with van der Waals surface area (Å²) in [6.45, 7) is 0. The van der Waals surface area contributed by atoms with E-state index in [0.29, 0.717) is 16.4 Å². The topological polar surface area (TPSA) is 47.2 Å². The van der Waals surface area contributed by atoms with Crippen LogP contribution in [0.2, 0.25) is 5.02 Å². The van der Waals surface area contributed by atoms with Crippen LogP contribution in [0.3, 0.4) is 0 Å². The fourth-order valence-electron chi connectivity index (χ4n) is 2.79. The summed E-state index contributed by atoms with van der Waals surface area (Å²) in [6.07, 6.45) is 0. The lowest BCUT2D eigenvalue weighted by atomic mass is 10.3. The summed E-state index contributed by atoms with van der Waals surface area (Å²) in [5.41, 5.74) is 1.08. The lowest BCUT2D eigenvalue weighted by Gasteiger charge is -2.12. The lowest BCUT2D eigenvalue weighted by molar-refractivity contribution is 0.416. The highest BCUT2D eigenvalue weighted by atomic mass is 35.5. The van der Waals surface area contributed by atoms with Gasteiger partial charge in [0.05, 0.1) is 11.4 Å². The first-order valence-electron chi connectivity index (χ1n) is 8.26. The summed E-state index contributed by atoms with van der Waals surface area (Å²) in [7, 11) is 0. The Morgan fingerprint density at radius 1 is 0.741 bits per heavy atom. The molecule has 4 rings (SSSR count). The van der Waals surface area contributed by atoms with Crippen molar-refractivity contribution in [3.05, 3.63) is 100 Å². The second kappa shape index (κ2) is 7.39. The third-order valence-electron chi connectivity index (χ3n) is 4.03. The molecule has 0 spiro atoms. The maximum atomic E-state index is 13.2. The van der Waals surface area contributed by atoms with E-state index in [1.54, 1.807) is 12.1 Å². The molecule has 1 N–H and O–H groups in total. The molecule has 4 aromatic rings. The van der Waals surface area contributed by atoms with Gasteiger partial charge < -0.3 is 5.11 Å². The Hall–Kier alpha value is -2.89. The molecule has 0 radical (unpaired) electrons. The maximum absolute atomic E-state index is 13.2. The van der Waals surface area contributed by atoms with Crippen LogP contribution in [0.25, 0.3) is 11.4 Å². The van der Waals surface area contributed by atoms with Gasteiger partial charge in [0.1, 0.15) is 4.90 Å². The molecule has 4 nitrogen and oxygen atoms in total. The molecule has 0 aliphatic rings. The highest BCUT2D eigenvalue weighted by molar-refractivity contribution is 7.99. The van der Waals surface area contributed by atoms with Crippen LogP contribution in [0.1, 0.15) is 0 Å². The molecule has 0 aliphatic heterocycles. The van der Waals surface area contributed by atoms with E-state index < -0.39 is 0 Å².